The number of esters is 1. The Kier molecular flexibility index (Phi) is 5.95. The van der Waals surface area contributed by atoms with E-state index in [1.165, 1.54) is 18.2 Å². The molecule has 1 N–H and O–H groups in total. The fraction of sp³-hybridized carbons (Fsp3) is 0.421. The largest absolute Gasteiger partial charge is 0.454 e. The molecule has 0 unspecified atom stereocenters. The van der Waals surface area contributed by atoms with Gasteiger partial charge in [0, 0.05) is 5.69 Å². The van der Waals surface area contributed by atoms with Crippen LogP contribution in [-0.4, -0.2) is 41.7 Å². The van der Waals surface area contributed by atoms with Crippen molar-refractivity contribution in [1.82, 2.24) is 4.90 Å². The predicted molar refractivity (Wildman–Crippen MR) is 97.9 cm³/mol. The number of imide groups is 1. The summed E-state index contributed by atoms with van der Waals surface area (Å²) in [5.74, 6) is -2.76. The SMILES string of the molecule is N#Cc1ccc(NC(=O)COC(=O)CN2C(=O)[C@@H]3CCCC[C@H]3C2=O)cc1Cl. The van der Waals surface area contributed by atoms with E-state index in [2.05, 4.69) is 5.32 Å². The molecule has 1 aromatic rings. The maximum absolute atomic E-state index is 12.3. The number of benzene rings is 1. The highest BCUT2D eigenvalue weighted by Gasteiger charge is 2.48. The Hall–Kier alpha value is -2.92. The van der Waals surface area contributed by atoms with Gasteiger partial charge in [0.1, 0.15) is 12.6 Å². The van der Waals surface area contributed by atoms with Gasteiger partial charge in [-0.2, -0.15) is 5.26 Å². The highest BCUT2D eigenvalue weighted by molar-refractivity contribution is 6.32. The number of carbonyl (C=O) groups is 4. The number of nitrogens with zero attached hydrogens (tertiary/aromatic N) is 2. The molecule has 0 bridgehead atoms. The third-order valence-corrected chi connectivity index (χ3v) is 5.27. The Bertz CT molecular complexity index is 855. The first-order valence-corrected chi connectivity index (χ1v) is 9.29. The lowest BCUT2D eigenvalue weighted by molar-refractivity contribution is -0.154. The molecule has 1 heterocycles. The first-order valence-electron chi connectivity index (χ1n) is 8.91. The molecule has 9 heteroatoms. The number of carbonyl (C=O) groups excluding carboxylic acids is 4. The standard InChI is InChI=1S/C19H18ClN3O5/c20-15-7-12(6-5-11(15)8-21)22-16(24)10-28-17(25)9-23-18(26)13-3-1-2-4-14(13)19(23)27/h5-7,13-14H,1-4,9-10H2,(H,22,24)/t13-,14-/m1/s1. The third-order valence-electron chi connectivity index (χ3n) is 4.96. The monoisotopic (exact) mass is 403 g/mol. The molecule has 8 nitrogen and oxygen atoms in total. The van der Waals surface area contributed by atoms with E-state index >= 15 is 0 Å². The number of nitrogens with one attached hydrogen (secondary N) is 1. The molecule has 2 atom stereocenters. The van der Waals surface area contributed by atoms with Gasteiger partial charge in [-0.05, 0) is 31.0 Å². The van der Waals surface area contributed by atoms with Crippen molar-refractivity contribution in [2.75, 3.05) is 18.5 Å². The van der Waals surface area contributed by atoms with E-state index in [0.29, 0.717) is 18.5 Å². The zero-order chi connectivity index (χ0) is 20.3. The zero-order valence-corrected chi connectivity index (χ0v) is 15.7. The molecule has 146 valence electrons. The fourth-order valence-electron chi connectivity index (χ4n) is 3.59. The number of hydrogen-bond acceptors (Lipinski definition) is 6. The van der Waals surface area contributed by atoms with Crippen LogP contribution in [0.25, 0.3) is 0 Å². The van der Waals surface area contributed by atoms with Crippen molar-refractivity contribution in [2.24, 2.45) is 11.8 Å². The topological polar surface area (TPSA) is 117 Å². The number of nitriles is 1. The van der Waals surface area contributed by atoms with Gasteiger partial charge < -0.3 is 10.1 Å². The molecular weight excluding hydrogens is 386 g/mol. The number of likely N-dealkylation sites (tertiary alicyclic amines) is 1. The third kappa shape index (κ3) is 4.15. The van der Waals surface area contributed by atoms with Gasteiger partial charge in [0.15, 0.2) is 6.61 Å². The number of fused-ring (bicyclic) bond motifs is 1. The van der Waals surface area contributed by atoms with Gasteiger partial charge in [0.25, 0.3) is 5.91 Å². The van der Waals surface area contributed by atoms with Gasteiger partial charge in [0.05, 0.1) is 22.4 Å². The first kappa shape index (κ1) is 19.8. The van der Waals surface area contributed by atoms with Crippen molar-refractivity contribution in [3.05, 3.63) is 28.8 Å². The Morgan fingerprint density at radius 3 is 2.43 bits per heavy atom. The summed E-state index contributed by atoms with van der Waals surface area (Å²) >= 11 is 5.89. The van der Waals surface area contributed by atoms with Crippen molar-refractivity contribution in [3.8, 4) is 6.07 Å². The van der Waals surface area contributed by atoms with E-state index in [4.69, 9.17) is 21.6 Å². The number of halogens is 1. The van der Waals surface area contributed by atoms with E-state index < -0.39 is 25.0 Å². The molecule has 1 saturated heterocycles. The van der Waals surface area contributed by atoms with Crippen LogP contribution in [0.1, 0.15) is 31.2 Å². The summed E-state index contributed by atoms with van der Waals surface area (Å²) in [6, 6.07) is 6.25. The number of hydrogen-bond donors (Lipinski definition) is 1. The van der Waals surface area contributed by atoms with Crippen LogP contribution in [0.15, 0.2) is 18.2 Å². The summed E-state index contributed by atoms with van der Waals surface area (Å²) in [6.07, 6.45) is 3.13. The van der Waals surface area contributed by atoms with Crippen molar-refractivity contribution in [2.45, 2.75) is 25.7 Å². The van der Waals surface area contributed by atoms with E-state index in [0.717, 1.165) is 17.7 Å². The molecule has 0 aromatic heterocycles. The number of rotatable bonds is 5. The Balaban J connectivity index is 1.49. The summed E-state index contributed by atoms with van der Waals surface area (Å²) in [7, 11) is 0. The lowest BCUT2D eigenvalue weighted by Gasteiger charge is -2.19. The minimum Gasteiger partial charge on any atom is -0.454 e. The summed E-state index contributed by atoms with van der Waals surface area (Å²) in [5, 5.41) is 11.5. The van der Waals surface area contributed by atoms with Crippen molar-refractivity contribution < 1.29 is 23.9 Å². The van der Waals surface area contributed by atoms with Gasteiger partial charge in [0.2, 0.25) is 11.8 Å². The average molecular weight is 404 g/mol. The van der Waals surface area contributed by atoms with Gasteiger partial charge in [-0.1, -0.05) is 24.4 Å². The highest BCUT2D eigenvalue weighted by atomic mass is 35.5. The molecule has 28 heavy (non-hydrogen) atoms. The molecule has 1 aromatic carbocycles. The molecule has 2 aliphatic rings. The molecule has 1 aliphatic carbocycles. The summed E-state index contributed by atoms with van der Waals surface area (Å²) in [4.78, 5) is 49.5. The highest BCUT2D eigenvalue weighted by Crippen LogP contribution is 2.37. The van der Waals surface area contributed by atoms with Crippen LogP contribution in [0.3, 0.4) is 0 Å². The molecule has 0 radical (unpaired) electrons. The Morgan fingerprint density at radius 2 is 1.86 bits per heavy atom. The quantitative estimate of drug-likeness (QED) is 0.592. The van der Waals surface area contributed by atoms with E-state index in [1.807, 2.05) is 6.07 Å². The minimum absolute atomic E-state index is 0.185. The molecule has 1 aliphatic heterocycles. The molecule has 1 saturated carbocycles. The average Bonchev–Trinajstić information content (AvgIpc) is 2.92. The van der Waals surface area contributed by atoms with Gasteiger partial charge >= 0.3 is 5.97 Å². The van der Waals surface area contributed by atoms with Crippen molar-refractivity contribution in [1.29, 1.82) is 5.26 Å². The second-order valence-corrected chi connectivity index (χ2v) is 7.18. The number of amides is 3. The van der Waals surface area contributed by atoms with Gasteiger partial charge in [-0.3, -0.25) is 24.1 Å². The van der Waals surface area contributed by atoms with E-state index in [-0.39, 0.29) is 34.2 Å². The molecule has 3 rings (SSSR count). The van der Waals surface area contributed by atoms with Crippen molar-refractivity contribution in [3.63, 3.8) is 0 Å². The van der Waals surface area contributed by atoms with Crippen LogP contribution >= 0.6 is 11.6 Å². The van der Waals surface area contributed by atoms with E-state index in [1.54, 1.807) is 0 Å². The first-order chi connectivity index (χ1) is 13.4. The summed E-state index contributed by atoms with van der Waals surface area (Å²) in [6.45, 7) is -1.06. The van der Waals surface area contributed by atoms with E-state index in [9.17, 15) is 19.2 Å². The lowest BCUT2D eigenvalue weighted by atomic mass is 9.81. The van der Waals surface area contributed by atoms with Crippen LogP contribution in [0, 0.1) is 23.2 Å². The zero-order valence-electron chi connectivity index (χ0n) is 14.9. The van der Waals surface area contributed by atoms with Crippen LogP contribution in [0.5, 0.6) is 0 Å². The molecule has 0 spiro atoms. The van der Waals surface area contributed by atoms with Crippen LogP contribution in [0.2, 0.25) is 5.02 Å². The molecular formula is C19H18ClN3O5. The Labute approximate surface area is 166 Å². The maximum atomic E-state index is 12.3. The van der Waals surface area contributed by atoms with Gasteiger partial charge in [-0.15, -0.1) is 0 Å². The second kappa shape index (κ2) is 8.40. The molecule has 3 amide bonds. The number of ether oxygens (including phenoxy) is 1. The van der Waals surface area contributed by atoms with Crippen LogP contribution in [0.4, 0.5) is 5.69 Å². The Morgan fingerprint density at radius 1 is 1.21 bits per heavy atom. The van der Waals surface area contributed by atoms with Gasteiger partial charge in [-0.25, -0.2) is 0 Å². The van der Waals surface area contributed by atoms with Crippen LogP contribution in [-0.2, 0) is 23.9 Å². The fourth-order valence-corrected chi connectivity index (χ4v) is 3.81. The lowest BCUT2D eigenvalue weighted by Crippen LogP contribution is -2.37. The smallest absolute Gasteiger partial charge is 0.326 e. The normalized spacial score (nSPS) is 21.1. The second-order valence-electron chi connectivity index (χ2n) is 6.78. The summed E-state index contributed by atoms with van der Waals surface area (Å²) < 4.78 is 4.88. The summed E-state index contributed by atoms with van der Waals surface area (Å²) in [5.41, 5.74) is 0.616. The molecule has 2 fully saturated rings. The van der Waals surface area contributed by atoms with Crippen molar-refractivity contribution >= 4 is 41.0 Å². The predicted octanol–water partition coefficient (Wildman–Crippen LogP) is 1.87. The minimum atomic E-state index is -0.826. The number of anilines is 1. The van der Waals surface area contributed by atoms with Crippen LogP contribution < -0.4 is 5.32 Å². The maximum Gasteiger partial charge on any atom is 0.326 e.